The number of aryl methyl sites for hydroxylation is 2. The third-order valence-corrected chi connectivity index (χ3v) is 6.54. The first kappa shape index (κ1) is 24.5. The zero-order chi connectivity index (χ0) is 24.9. The van der Waals surface area contributed by atoms with E-state index >= 15 is 0 Å². The highest BCUT2D eigenvalue weighted by Gasteiger charge is 2.25. The highest BCUT2D eigenvalue weighted by molar-refractivity contribution is 5.89. The van der Waals surface area contributed by atoms with E-state index < -0.39 is 0 Å². The largest absolute Gasteiger partial charge is 0.497 e. The molecule has 0 saturated carbocycles. The summed E-state index contributed by atoms with van der Waals surface area (Å²) in [4.78, 5) is 26.5. The summed E-state index contributed by atoms with van der Waals surface area (Å²) in [7, 11) is 1.67. The first-order valence-corrected chi connectivity index (χ1v) is 12.2. The number of amides is 2. The van der Waals surface area contributed by atoms with E-state index in [1.54, 1.807) is 7.11 Å². The van der Waals surface area contributed by atoms with Gasteiger partial charge in [0.15, 0.2) is 0 Å². The molecular formula is C28H35N5O2. The van der Waals surface area contributed by atoms with Crippen molar-refractivity contribution in [2.24, 2.45) is 0 Å². The standard InChI is InChI=1S/C28H35N5O2/c1-19(2)23-8-10-24(11-9-23)31-28(34)33-16-14-32(15-17-33)27-26(20(3)29-21(4)30-27)18-22-6-12-25(35-5)13-7-22/h6-13,19H,14-18H2,1-5H3,(H,31,34). The van der Waals surface area contributed by atoms with Gasteiger partial charge in [-0.15, -0.1) is 0 Å². The summed E-state index contributed by atoms with van der Waals surface area (Å²) < 4.78 is 5.29. The van der Waals surface area contributed by atoms with E-state index in [0.717, 1.165) is 53.8 Å². The summed E-state index contributed by atoms with van der Waals surface area (Å²) >= 11 is 0. The summed E-state index contributed by atoms with van der Waals surface area (Å²) in [5.74, 6) is 3.05. The third kappa shape index (κ3) is 5.91. The third-order valence-electron chi connectivity index (χ3n) is 6.54. The summed E-state index contributed by atoms with van der Waals surface area (Å²) in [5.41, 5.74) is 5.39. The first-order valence-electron chi connectivity index (χ1n) is 12.2. The van der Waals surface area contributed by atoms with Gasteiger partial charge in [-0.25, -0.2) is 14.8 Å². The van der Waals surface area contributed by atoms with Crippen LogP contribution >= 0.6 is 0 Å². The topological polar surface area (TPSA) is 70.6 Å². The van der Waals surface area contributed by atoms with Crippen LogP contribution in [-0.2, 0) is 6.42 Å². The minimum Gasteiger partial charge on any atom is -0.497 e. The maximum absolute atomic E-state index is 12.9. The number of benzene rings is 2. The lowest BCUT2D eigenvalue weighted by molar-refractivity contribution is 0.208. The minimum atomic E-state index is -0.0598. The number of ether oxygens (including phenoxy) is 1. The number of methoxy groups -OCH3 is 1. The highest BCUT2D eigenvalue weighted by Crippen LogP contribution is 2.26. The van der Waals surface area contributed by atoms with Gasteiger partial charge in [0.25, 0.3) is 0 Å². The van der Waals surface area contributed by atoms with E-state index in [1.807, 2.05) is 43.0 Å². The Morgan fingerprint density at radius 1 is 0.971 bits per heavy atom. The van der Waals surface area contributed by atoms with Gasteiger partial charge in [0.1, 0.15) is 17.4 Å². The molecule has 1 aliphatic rings. The van der Waals surface area contributed by atoms with E-state index in [-0.39, 0.29) is 6.03 Å². The fraction of sp³-hybridized carbons (Fsp3) is 0.393. The van der Waals surface area contributed by atoms with Crippen molar-refractivity contribution >= 4 is 17.5 Å². The van der Waals surface area contributed by atoms with Crippen molar-refractivity contribution in [3.8, 4) is 5.75 Å². The molecular weight excluding hydrogens is 438 g/mol. The molecule has 1 fully saturated rings. The van der Waals surface area contributed by atoms with Gasteiger partial charge < -0.3 is 19.9 Å². The van der Waals surface area contributed by atoms with Crippen LogP contribution < -0.4 is 15.0 Å². The Morgan fingerprint density at radius 3 is 2.23 bits per heavy atom. The molecule has 2 aromatic carbocycles. The molecule has 0 aliphatic carbocycles. The van der Waals surface area contributed by atoms with Crippen LogP contribution in [0.5, 0.6) is 5.75 Å². The molecule has 2 amide bonds. The van der Waals surface area contributed by atoms with Crippen LogP contribution in [0.4, 0.5) is 16.3 Å². The molecule has 7 nitrogen and oxygen atoms in total. The number of carbonyl (C=O) groups is 1. The van der Waals surface area contributed by atoms with Crippen LogP contribution in [0.3, 0.4) is 0 Å². The van der Waals surface area contributed by atoms with Gasteiger partial charge in [-0.2, -0.15) is 0 Å². The number of aromatic nitrogens is 2. The number of rotatable bonds is 6. The lowest BCUT2D eigenvalue weighted by Gasteiger charge is -2.36. The van der Waals surface area contributed by atoms with Gasteiger partial charge >= 0.3 is 6.03 Å². The summed E-state index contributed by atoms with van der Waals surface area (Å²) in [6.07, 6.45) is 0.749. The zero-order valence-electron chi connectivity index (χ0n) is 21.3. The average Bonchev–Trinajstić information content (AvgIpc) is 2.86. The van der Waals surface area contributed by atoms with E-state index in [1.165, 1.54) is 11.1 Å². The van der Waals surface area contributed by atoms with Crippen molar-refractivity contribution in [2.75, 3.05) is 43.5 Å². The van der Waals surface area contributed by atoms with Crippen LogP contribution in [0, 0.1) is 13.8 Å². The van der Waals surface area contributed by atoms with Crippen molar-refractivity contribution in [1.29, 1.82) is 0 Å². The molecule has 184 valence electrons. The quantitative estimate of drug-likeness (QED) is 0.535. The molecule has 0 unspecified atom stereocenters. The highest BCUT2D eigenvalue weighted by atomic mass is 16.5. The van der Waals surface area contributed by atoms with Crippen molar-refractivity contribution in [3.63, 3.8) is 0 Å². The van der Waals surface area contributed by atoms with Gasteiger partial charge in [0.05, 0.1) is 7.11 Å². The predicted octanol–water partition coefficient (Wildman–Crippen LogP) is 5.17. The van der Waals surface area contributed by atoms with Crippen molar-refractivity contribution in [1.82, 2.24) is 14.9 Å². The molecule has 4 rings (SSSR count). The van der Waals surface area contributed by atoms with E-state index in [2.05, 4.69) is 53.3 Å². The molecule has 0 spiro atoms. The van der Waals surface area contributed by atoms with Crippen molar-refractivity contribution in [2.45, 2.75) is 40.0 Å². The van der Waals surface area contributed by atoms with Crippen LogP contribution in [0.1, 0.15) is 48.0 Å². The normalized spacial score (nSPS) is 13.8. The number of piperazine rings is 1. The lowest BCUT2D eigenvalue weighted by Crippen LogP contribution is -2.50. The summed E-state index contributed by atoms with van der Waals surface area (Å²) in [6.45, 7) is 11.0. The fourth-order valence-corrected chi connectivity index (χ4v) is 4.41. The second-order valence-electron chi connectivity index (χ2n) is 9.36. The van der Waals surface area contributed by atoms with Gasteiger partial charge in [0.2, 0.25) is 0 Å². The number of nitrogens with one attached hydrogen (secondary N) is 1. The fourth-order valence-electron chi connectivity index (χ4n) is 4.41. The van der Waals surface area contributed by atoms with Crippen LogP contribution in [-0.4, -0.2) is 54.2 Å². The molecule has 1 aromatic heterocycles. The number of anilines is 2. The molecule has 0 bridgehead atoms. The first-order chi connectivity index (χ1) is 16.8. The number of nitrogens with zero attached hydrogens (tertiary/aromatic N) is 4. The van der Waals surface area contributed by atoms with Crippen LogP contribution in [0.2, 0.25) is 0 Å². The Kier molecular flexibility index (Phi) is 7.54. The van der Waals surface area contributed by atoms with Gasteiger partial charge in [-0.05, 0) is 55.2 Å². The molecule has 1 N–H and O–H groups in total. The van der Waals surface area contributed by atoms with E-state index in [4.69, 9.17) is 9.72 Å². The van der Waals surface area contributed by atoms with E-state index in [9.17, 15) is 4.79 Å². The van der Waals surface area contributed by atoms with Gasteiger partial charge in [-0.1, -0.05) is 38.1 Å². The molecule has 2 heterocycles. The Balaban J connectivity index is 1.43. The molecule has 35 heavy (non-hydrogen) atoms. The van der Waals surface area contributed by atoms with Crippen LogP contribution in [0.25, 0.3) is 0 Å². The zero-order valence-corrected chi connectivity index (χ0v) is 21.3. The van der Waals surface area contributed by atoms with Gasteiger partial charge in [0, 0.05) is 49.5 Å². The Bertz CT molecular complexity index is 1150. The summed E-state index contributed by atoms with van der Waals surface area (Å²) in [6, 6.07) is 16.2. The smallest absolute Gasteiger partial charge is 0.321 e. The molecule has 3 aromatic rings. The Hall–Kier alpha value is -3.61. The number of hydrogen-bond donors (Lipinski definition) is 1. The molecule has 7 heteroatoms. The second-order valence-corrected chi connectivity index (χ2v) is 9.36. The SMILES string of the molecule is COc1ccc(Cc2c(C)nc(C)nc2N2CCN(C(=O)Nc3ccc(C(C)C)cc3)CC2)cc1. The molecule has 1 saturated heterocycles. The minimum absolute atomic E-state index is 0.0598. The number of carbonyl (C=O) groups excluding carboxylic acids is 1. The molecule has 0 atom stereocenters. The maximum atomic E-state index is 12.9. The monoisotopic (exact) mass is 473 g/mol. The maximum Gasteiger partial charge on any atom is 0.321 e. The second kappa shape index (κ2) is 10.8. The summed E-state index contributed by atoms with van der Waals surface area (Å²) in [5, 5.41) is 3.04. The average molecular weight is 474 g/mol. The van der Waals surface area contributed by atoms with Gasteiger partial charge in [-0.3, -0.25) is 0 Å². The molecule has 1 aliphatic heterocycles. The Morgan fingerprint density at radius 2 is 1.63 bits per heavy atom. The number of hydrogen-bond acceptors (Lipinski definition) is 5. The van der Waals surface area contributed by atoms with Crippen LogP contribution in [0.15, 0.2) is 48.5 Å². The Labute approximate surface area is 208 Å². The van der Waals surface area contributed by atoms with Crippen molar-refractivity contribution < 1.29 is 9.53 Å². The molecule has 0 radical (unpaired) electrons. The predicted molar refractivity (Wildman–Crippen MR) is 141 cm³/mol. The lowest BCUT2D eigenvalue weighted by atomic mass is 10.0. The van der Waals surface area contributed by atoms with E-state index in [0.29, 0.717) is 19.0 Å². The number of urea groups is 1. The van der Waals surface area contributed by atoms with Crippen molar-refractivity contribution in [3.05, 3.63) is 76.7 Å².